The van der Waals surface area contributed by atoms with Crippen molar-refractivity contribution in [1.29, 1.82) is 0 Å². The smallest absolute Gasteiger partial charge is 0.218 e. The molecule has 19 heavy (non-hydrogen) atoms. The summed E-state index contributed by atoms with van der Waals surface area (Å²) in [6.07, 6.45) is 4.10. The first-order valence-corrected chi connectivity index (χ1v) is 6.89. The molecule has 1 aromatic rings. The number of aromatic nitrogens is 2. The van der Waals surface area contributed by atoms with Gasteiger partial charge in [-0.2, -0.15) is 0 Å². The Morgan fingerprint density at radius 2 is 2.21 bits per heavy atom. The van der Waals surface area contributed by atoms with E-state index in [1.54, 1.807) is 6.07 Å². The molecule has 1 aliphatic heterocycles. The third kappa shape index (κ3) is 5.00. The van der Waals surface area contributed by atoms with E-state index in [9.17, 15) is 0 Å². The van der Waals surface area contributed by atoms with Gasteiger partial charge in [-0.3, -0.25) is 0 Å². The standard InChI is InChI=1S/C13H22N4O2/c1-2-18-13-9-12(16-10-17-13)15-7-8-19-11-3-5-14-6-4-11/h9-11,14H,2-8H2,1H3,(H,15,16,17). The Morgan fingerprint density at radius 3 is 3.00 bits per heavy atom. The Kier molecular flexibility index (Phi) is 5.84. The van der Waals surface area contributed by atoms with Gasteiger partial charge in [0, 0.05) is 12.6 Å². The van der Waals surface area contributed by atoms with Crippen LogP contribution in [0.4, 0.5) is 5.82 Å². The fourth-order valence-electron chi connectivity index (χ4n) is 2.03. The van der Waals surface area contributed by atoms with Crippen LogP contribution in [0, 0.1) is 0 Å². The molecule has 1 fully saturated rings. The highest BCUT2D eigenvalue weighted by Crippen LogP contribution is 2.11. The molecular formula is C13H22N4O2. The highest BCUT2D eigenvalue weighted by atomic mass is 16.5. The zero-order valence-electron chi connectivity index (χ0n) is 11.4. The van der Waals surface area contributed by atoms with E-state index in [-0.39, 0.29) is 0 Å². The number of rotatable bonds is 7. The summed E-state index contributed by atoms with van der Waals surface area (Å²) >= 11 is 0. The van der Waals surface area contributed by atoms with E-state index in [0.717, 1.165) is 38.3 Å². The van der Waals surface area contributed by atoms with E-state index in [0.29, 0.717) is 25.2 Å². The van der Waals surface area contributed by atoms with Crippen molar-refractivity contribution >= 4 is 5.82 Å². The van der Waals surface area contributed by atoms with Crippen LogP contribution in [-0.2, 0) is 4.74 Å². The Morgan fingerprint density at radius 1 is 1.37 bits per heavy atom. The van der Waals surface area contributed by atoms with Crippen molar-refractivity contribution in [2.45, 2.75) is 25.9 Å². The van der Waals surface area contributed by atoms with Crippen LogP contribution < -0.4 is 15.4 Å². The van der Waals surface area contributed by atoms with E-state index < -0.39 is 0 Å². The Hall–Kier alpha value is -1.40. The van der Waals surface area contributed by atoms with Gasteiger partial charge in [0.05, 0.1) is 19.3 Å². The van der Waals surface area contributed by atoms with Crippen molar-refractivity contribution in [3.8, 4) is 5.88 Å². The van der Waals surface area contributed by atoms with E-state index >= 15 is 0 Å². The van der Waals surface area contributed by atoms with Crippen LogP contribution in [0.1, 0.15) is 19.8 Å². The molecule has 6 heteroatoms. The van der Waals surface area contributed by atoms with Gasteiger partial charge in [0.25, 0.3) is 0 Å². The maximum Gasteiger partial charge on any atom is 0.218 e. The maximum atomic E-state index is 5.81. The van der Waals surface area contributed by atoms with Gasteiger partial charge in [0.15, 0.2) is 0 Å². The van der Waals surface area contributed by atoms with Gasteiger partial charge in [-0.05, 0) is 32.9 Å². The zero-order chi connectivity index (χ0) is 13.3. The SMILES string of the molecule is CCOc1cc(NCCOC2CCNCC2)ncn1. The molecule has 6 nitrogen and oxygen atoms in total. The number of ether oxygens (including phenoxy) is 2. The van der Waals surface area contributed by atoms with Crippen molar-refractivity contribution in [2.75, 3.05) is 38.2 Å². The normalized spacial score (nSPS) is 16.3. The molecule has 2 rings (SSSR count). The lowest BCUT2D eigenvalue weighted by Gasteiger charge is -2.23. The number of anilines is 1. The largest absolute Gasteiger partial charge is 0.478 e. The van der Waals surface area contributed by atoms with Crippen LogP contribution in [0.2, 0.25) is 0 Å². The molecule has 0 unspecified atom stereocenters. The van der Waals surface area contributed by atoms with Crippen LogP contribution in [0.5, 0.6) is 5.88 Å². The van der Waals surface area contributed by atoms with Gasteiger partial charge in [0.1, 0.15) is 12.1 Å². The van der Waals surface area contributed by atoms with Crippen LogP contribution in [-0.4, -0.2) is 48.9 Å². The van der Waals surface area contributed by atoms with Crippen molar-refractivity contribution in [3.63, 3.8) is 0 Å². The lowest BCUT2D eigenvalue weighted by molar-refractivity contribution is 0.0394. The molecule has 0 aliphatic carbocycles. The molecule has 2 heterocycles. The molecule has 1 aliphatic rings. The predicted molar refractivity (Wildman–Crippen MR) is 73.5 cm³/mol. The molecule has 0 aromatic carbocycles. The quantitative estimate of drug-likeness (QED) is 0.719. The summed E-state index contributed by atoms with van der Waals surface area (Å²) < 4.78 is 11.1. The van der Waals surface area contributed by atoms with E-state index in [1.807, 2.05) is 6.92 Å². The van der Waals surface area contributed by atoms with Gasteiger partial charge in [-0.15, -0.1) is 0 Å². The molecule has 106 valence electrons. The first-order valence-electron chi connectivity index (χ1n) is 6.89. The Balaban J connectivity index is 1.65. The Bertz CT molecular complexity index is 369. The molecule has 2 N–H and O–H groups in total. The zero-order valence-corrected chi connectivity index (χ0v) is 11.4. The minimum Gasteiger partial charge on any atom is -0.478 e. The number of nitrogens with one attached hydrogen (secondary N) is 2. The molecule has 0 radical (unpaired) electrons. The van der Waals surface area contributed by atoms with Gasteiger partial charge in [-0.1, -0.05) is 0 Å². The molecule has 1 aromatic heterocycles. The number of nitrogens with zero attached hydrogens (tertiary/aromatic N) is 2. The van der Waals surface area contributed by atoms with Crippen molar-refractivity contribution < 1.29 is 9.47 Å². The topological polar surface area (TPSA) is 68.3 Å². The van der Waals surface area contributed by atoms with Crippen molar-refractivity contribution in [3.05, 3.63) is 12.4 Å². The van der Waals surface area contributed by atoms with Gasteiger partial charge >= 0.3 is 0 Å². The van der Waals surface area contributed by atoms with Crippen LogP contribution in [0.15, 0.2) is 12.4 Å². The minimum absolute atomic E-state index is 0.396. The highest BCUT2D eigenvalue weighted by Gasteiger charge is 2.12. The van der Waals surface area contributed by atoms with Gasteiger partial charge in [0.2, 0.25) is 5.88 Å². The number of hydrogen-bond donors (Lipinski definition) is 2. The summed E-state index contributed by atoms with van der Waals surface area (Å²) in [5, 5.41) is 6.53. The first kappa shape index (κ1) is 14.0. The van der Waals surface area contributed by atoms with Crippen molar-refractivity contribution in [2.24, 2.45) is 0 Å². The fraction of sp³-hybridized carbons (Fsp3) is 0.692. The van der Waals surface area contributed by atoms with Gasteiger partial charge in [-0.25, -0.2) is 9.97 Å². The summed E-state index contributed by atoms with van der Waals surface area (Å²) in [4.78, 5) is 8.16. The molecular weight excluding hydrogens is 244 g/mol. The molecule has 0 atom stereocenters. The van der Waals surface area contributed by atoms with Crippen LogP contribution in [0.25, 0.3) is 0 Å². The molecule has 0 saturated carbocycles. The Labute approximate surface area is 113 Å². The lowest BCUT2D eigenvalue weighted by atomic mass is 10.1. The summed E-state index contributed by atoms with van der Waals surface area (Å²) in [6, 6.07) is 1.80. The lowest BCUT2D eigenvalue weighted by Crippen LogP contribution is -2.33. The summed E-state index contributed by atoms with van der Waals surface area (Å²) in [7, 11) is 0. The number of hydrogen-bond acceptors (Lipinski definition) is 6. The number of piperidine rings is 1. The van der Waals surface area contributed by atoms with Crippen LogP contribution in [0.3, 0.4) is 0 Å². The second kappa shape index (κ2) is 7.91. The molecule has 0 bridgehead atoms. The molecule has 0 amide bonds. The highest BCUT2D eigenvalue weighted by molar-refractivity contribution is 5.36. The van der Waals surface area contributed by atoms with Crippen LogP contribution >= 0.6 is 0 Å². The minimum atomic E-state index is 0.396. The average Bonchev–Trinajstić information content (AvgIpc) is 2.46. The second-order valence-corrected chi connectivity index (χ2v) is 4.42. The van der Waals surface area contributed by atoms with Crippen molar-refractivity contribution in [1.82, 2.24) is 15.3 Å². The van der Waals surface area contributed by atoms with Gasteiger partial charge < -0.3 is 20.1 Å². The third-order valence-electron chi connectivity index (χ3n) is 2.98. The fourth-order valence-corrected chi connectivity index (χ4v) is 2.03. The third-order valence-corrected chi connectivity index (χ3v) is 2.98. The van der Waals surface area contributed by atoms with E-state index in [2.05, 4.69) is 20.6 Å². The molecule has 0 spiro atoms. The summed E-state index contributed by atoms with van der Waals surface area (Å²) in [5.74, 6) is 1.37. The molecule has 1 saturated heterocycles. The first-order chi connectivity index (χ1) is 9.38. The predicted octanol–water partition coefficient (Wildman–Crippen LogP) is 1.06. The summed E-state index contributed by atoms with van der Waals surface area (Å²) in [5.41, 5.74) is 0. The van der Waals surface area contributed by atoms with E-state index in [1.165, 1.54) is 6.33 Å². The summed E-state index contributed by atoms with van der Waals surface area (Å²) in [6.45, 7) is 6.09. The average molecular weight is 266 g/mol. The maximum absolute atomic E-state index is 5.81. The monoisotopic (exact) mass is 266 g/mol. The second-order valence-electron chi connectivity index (χ2n) is 4.42. The van der Waals surface area contributed by atoms with E-state index in [4.69, 9.17) is 9.47 Å².